The first-order valence-electron chi connectivity index (χ1n) is 7.34. The predicted octanol–water partition coefficient (Wildman–Crippen LogP) is 1.37. The second-order valence-corrected chi connectivity index (χ2v) is 6.07. The molecule has 1 saturated heterocycles. The van der Waals surface area contributed by atoms with Crippen LogP contribution in [-0.4, -0.2) is 35.2 Å². The molecule has 0 amide bonds. The van der Waals surface area contributed by atoms with Crippen LogP contribution in [0.5, 0.6) is 0 Å². The van der Waals surface area contributed by atoms with E-state index < -0.39 is 12.9 Å². The van der Waals surface area contributed by atoms with Gasteiger partial charge in [-0.05, 0) is 60.9 Å². The Bertz CT molecular complexity index is 445. The van der Waals surface area contributed by atoms with Gasteiger partial charge in [0.1, 0.15) is 5.82 Å². The summed E-state index contributed by atoms with van der Waals surface area (Å²) < 4.78 is 13.2. The molecule has 2 rings (SSSR count). The zero-order valence-electron chi connectivity index (χ0n) is 12.2. The molecule has 20 heavy (non-hydrogen) atoms. The summed E-state index contributed by atoms with van der Waals surface area (Å²) in [6.07, 6.45) is 2.35. The summed E-state index contributed by atoms with van der Waals surface area (Å²) in [6.45, 7) is 7.21. The van der Waals surface area contributed by atoms with Gasteiger partial charge in [0.25, 0.3) is 0 Å². The van der Waals surface area contributed by atoms with Crippen molar-refractivity contribution >= 4 is 12.6 Å². The molecule has 0 bridgehead atoms. The Kier molecular flexibility index (Phi) is 5.19. The summed E-state index contributed by atoms with van der Waals surface area (Å²) in [7, 11) is -1.62. The van der Waals surface area contributed by atoms with Crippen LogP contribution in [0.15, 0.2) is 18.2 Å². The van der Waals surface area contributed by atoms with E-state index in [-0.39, 0.29) is 5.46 Å². The lowest BCUT2D eigenvalue weighted by molar-refractivity contribution is 0.152. The van der Waals surface area contributed by atoms with Crippen molar-refractivity contribution in [1.82, 2.24) is 4.90 Å². The number of likely N-dealkylation sites (tertiary alicyclic amines) is 1. The SMILES string of the molecule is CC(C)C1CCN(Cc2ccc(F)cc2B(O)O)CC1. The van der Waals surface area contributed by atoms with Crippen LogP contribution in [0.3, 0.4) is 0 Å². The van der Waals surface area contributed by atoms with Gasteiger partial charge in [-0.1, -0.05) is 19.9 Å². The lowest BCUT2D eigenvalue weighted by atomic mass is 9.76. The van der Waals surface area contributed by atoms with E-state index in [1.807, 2.05) is 0 Å². The average Bonchev–Trinajstić information content (AvgIpc) is 2.41. The first-order chi connectivity index (χ1) is 9.47. The number of nitrogens with zero attached hydrogens (tertiary/aromatic N) is 1. The molecule has 0 aliphatic carbocycles. The molecular weight excluding hydrogens is 256 g/mol. The van der Waals surface area contributed by atoms with E-state index in [0.29, 0.717) is 6.54 Å². The minimum Gasteiger partial charge on any atom is -0.423 e. The van der Waals surface area contributed by atoms with E-state index in [9.17, 15) is 14.4 Å². The summed E-state index contributed by atoms with van der Waals surface area (Å²) >= 11 is 0. The third-order valence-electron chi connectivity index (χ3n) is 4.36. The smallest absolute Gasteiger partial charge is 0.423 e. The zero-order chi connectivity index (χ0) is 14.7. The molecule has 0 unspecified atom stereocenters. The number of hydrogen-bond donors (Lipinski definition) is 2. The molecule has 110 valence electrons. The molecule has 1 aliphatic heterocycles. The van der Waals surface area contributed by atoms with Gasteiger partial charge in [-0.2, -0.15) is 0 Å². The third-order valence-corrected chi connectivity index (χ3v) is 4.36. The van der Waals surface area contributed by atoms with Crippen LogP contribution in [0, 0.1) is 17.7 Å². The van der Waals surface area contributed by atoms with Crippen LogP contribution < -0.4 is 5.46 Å². The van der Waals surface area contributed by atoms with Gasteiger partial charge < -0.3 is 10.0 Å². The fourth-order valence-electron chi connectivity index (χ4n) is 2.97. The lowest BCUT2D eigenvalue weighted by Gasteiger charge is -2.34. The normalized spacial score (nSPS) is 17.7. The van der Waals surface area contributed by atoms with Crippen LogP contribution in [0.25, 0.3) is 0 Å². The van der Waals surface area contributed by atoms with Crippen LogP contribution in [0.1, 0.15) is 32.3 Å². The Morgan fingerprint density at radius 1 is 1.30 bits per heavy atom. The van der Waals surface area contributed by atoms with E-state index in [4.69, 9.17) is 0 Å². The summed E-state index contributed by atoms with van der Waals surface area (Å²) in [5, 5.41) is 18.7. The van der Waals surface area contributed by atoms with Gasteiger partial charge in [0.15, 0.2) is 0 Å². The Balaban J connectivity index is 2.01. The number of benzene rings is 1. The predicted molar refractivity (Wildman–Crippen MR) is 79.1 cm³/mol. The van der Waals surface area contributed by atoms with E-state index in [1.165, 1.54) is 25.0 Å². The topological polar surface area (TPSA) is 43.7 Å². The van der Waals surface area contributed by atoms with Crippen molar-refractivity contribution in [2.45, 2.75) is 33.2 Å². The Morgan fingerprint density at radius 2 is 1.95 bits per heavy atom. The largest absolute Gasteiger partial charge is 0.488 e. The summed E-state index contributed by atoms with van der Waals surface area (Å²) in [5.74, 6) is 1.07. The molecule has 0 radical (unpaired) electrons. The molecule has 0 aromatic heterocycles. The molecule has 3 nitrogen and oxygen atoms in total. The minimum atomic E-state index is -1.62. The Morgan fingerprint density at radius 3 is 2.50 bits per heavy atom. The van der Waals surface area contributed by atoms with Gasteiger partial charge in [0, 0.05) is 6.54 Å². The molecule has 1 aliphatic rings. The third kappa shape index (κ3) is 3.81. The molecule has 0 saturated carbocycles. The van der Waals surface area contributed by atoms with Gasteiger partial charge >= 0.3 is 7.12 Å². The van der Waals surface area contributed by atoms with Crippen molar-refractivity contribution in [2.75, 3.05) is 13.1 Å². The maximum atomic E-state index is 13.2. The molecule has 1 fully saturated rings. The van der Waals surface area contributed by atoms with Crippen LogP contribution >= 0.6 is 0 Å². The second-order valence-electron chi connectivity index (χ2n) is 6.07. The number of halogens is 1. The fraction of sp³-hybridized carbons (Fsp3) is 0.600. The second kappa shape index (κ2) is 6.70. The highest BCUT2D eigenvalue weighted by Gasteiger charge is 2.23. The van der Waals surface area contributed by atoms with E-state index in [0.717, 1.165) is 30.5 Å². The van der Waals surface area contributed by atoms with Crippen molar-refractivity contribution in [3.63, 3.8) is 0 Å². The molecule has 1 aromatic carbocycles. The van der Waals surface area contributed by atoms with Crippen molar-refractivity contribution < 1.29 is 14.4 Å². The first-order valence-corrected chi connectivity index (χ1v) is 7.34. The number of hydrogen-bond acceptors (Lipinski definition) is 3. The summed E-state index contributed by atoms with van der Waals surface area (Å²) in [5.41, 5.74) is 1.07. The molecule has 0 atom stereocenters. The van der Waals surface area contributed by atoms with Crippen molar-refractivity contribution in [3.8, 4) is 0 Å². The maximum absolute atomic E-state index is 13.2. The van der Waals surface area contributed by atoms with Gasteiger partial charge in [0.2, 0.25) is 0 Å². The van der Waals surface area contributed by atoms with Gasteiger partial charge in [-0.3, -0.25) is 4.90 Å². The average molecular weight is 279 g/mol. The maximum Gasteiger partial charge on any atom is 0.488 e. The fourth-order valence-corrected chi connectivity index (χ4v) is 2.97. The van der Waals surface area contributed by atoms with E-state index in [2.05, 4.69) is 18.7 Å². The number of rotatable bonds is 4. The Labute approximate surface area is 120 Å². The number of piperidine rings is 1. The van der Waals surface area contributed by atoms with E-state index in [1.54, 1.807) is 6.07 Å². The monoisotopic (exact) mass is 279 g/mol. The molecular formula is C15H23BFNO2. The highest BCUT2D eigenvalue weighted by molar-refractivity contribution is 6.59. The molecule has 0 spiro atoms. The highest BCUT2D eigenvalue weighted by atomic mass is 19.1. The molecule has 1 heterocycles. The van der Waals surface area contributed by atoms with Gasteiger partial charge in [-0.25, -0.2) is 4.39 Å². The van der Waals surface area contributed by atoms with Crippen molar-refractivity contribution in [1.29, 1.82) is 0 Å². The molecule has 2 N–H and O–H groups in total. The van der Waals surface area contributed by atoms with Crippen LogP contribution in [0.4, 0.5) is 4.39 Å². The molecule has 1 aromatic rings. The van der Waals surface area contributed by atoms with Crippen molar-refractivity contribution in [3.05, 3.63) is 29.6 Å². The first kappa shape index (κ1) is 15.5. The zero-order valence-corrected chi connectivity index (χ0v) is 12.2. The standard InChI is InChI=1S/C15H23BFNO2/c1-11(2)12-5-7-18(8-6-12)10-13-3-4-14(17)9-15(13)16(19)20/h3-4,9,11-12,19-20H,5-8,10H2,1-2H3. The van der Waals surface area contributed by atoms with Gasteiger partial charge in [-0.15, -0.1) is 0 Å². The van der Waals surface area contributed by atoms with Crippen molar-refractivity contribution in [2.24, 2.45) is 11.8 Å². The summed E-state index contributed by atoms with van der Waals surface area (Å²) in [4.78, 5) is 2.30. The molecule has 5 heteroatoms. The van der Waals surface area contributed by atoms with Crippen LogP contribution in [0.2, 0.25) is 0 Å². The van der Waals surface area contributed by atoms with Gasteiger partial charge in [0.05, 0.1) is 0 Å². The minimum absolute atomic E-state index is 0.274. The van der Waals surface area contributed by atoms with Crippen LogP contribution in [-0.2, 0) is 6.54 Å². The Hall–Kier alpha value is -0.905. The lowest BCUT2D eigenvalue weighted by Crippen LogP contribution is -2.39. The van der Waals surface area contributed by atoms with E-state index >= 15 is 0 Å². The quantitative estimate of drug-likeness (QED) is 0.818. The summed E-state index contributed by atoms with van der Waals surface area (Å²) in [6, 6.07) is 4.24. The highest BCUT2D eigenvalue weighted by Crippen LogP contribution is 2.25.